The van der Waals surface area contributed by atoms with Crippen LogP contribution in [0, 0.1) is 23.6 Å². The molecule has 9 nitrogen and oxygen atoms in total. The number of rotatable bonds is 8. The maximum atomic E-state index is 14.7. The topological polar surface area (TPSA) is 121 Å². The lowest BCUT2D eigenvalue weighted by Gasteiger charge is -2.50. The molecule has 2 aliphatic carbocycles. The number of nitrogens with zero attached hydrogens (tertiary/aromatic N) is 2. The van der Waals surface area contributed by atoms with Crippen LogP contribution in [0.3, 0.4) is 0 Å². The molecule has 2 saturated heterocycles. The van der Waals surface area contributed by atoms with E-state index in [0.29, 0.717) is 22.4 Å². The number of hydrogen-bond donors (Lipinski definition) is 1. The van der Waals surface area contributed by atoms with Gasteiger partial charge in [0.05, 0.1) is 23.2 Å². The maximum absolute atomic E-state index is 14.7. The van der Waals surface area contributed by atoms with Gasteiger partial charge in [-0.3, -0.25) is 28.9 Å². The molecular weight excluding hydrogens is 782 g/mol. The molecule has 3 fully saturated rings. The minimum atomic E-state index is -2.23. The van der Waals surface area contributed by atoms with Gasteiger partial charge >= 0.3 is 0 Å². The molecule has 0 radical (unpaired) electrons. The SMILES string of the molecule is O=C(c1ccccc1)c1ccc(N2C(=O)[C@H]3[C@H](CC=C4[C@H]3C[C@@]3(Cl)C(=O)N(c5ccc(F)cc5)C(=O)[C@@]3(Cl)[C@H]4c3ccc(OCc4ccccc4)cc3O)C2=O)cc1. The molecule has 1 saturated carbocycles. The minimum absolute atomic E-state index is 0.0424. The van der Waals surface area contributed by atoms with Crippen LogP contribution in [0.15, 0.2) is 139 Å². The average Bonchev–Trinajstić information content (AvgIpc) is 3.58. The van der Waals surface area contributed by atoms with Gasteiger partial charge in [0.25, 0.3) is 11.8 Å². The van der Waals surface area contributed by atoms with Crippen molar-refractivity contribution in [2.45, 2.75) is 35.1 Å². The van der Waals surface area contributed by atoms with Crippen molar-refractivity contribution in [2.24, 2.45) is 17.8 Å². The van der Waals surface area contributed by atoms with E-state index in [-0.39, 0.29) is 47.9 Å². The lowest BCUT2D eigenvalue weighted by atomic mass is 9.56. The van der Waals surface area contributed by atoms with Gasteiger partial charge in [-0.1, -0.05) is 78.4 Å². The van der Waals surface area contributed by atoms with E-state index in [9.17, 15) is 33.5 Å². The fourth-order valence-corrected chi connectivity index (χ4v) is 10.0. The number of halogens is 3. The van der Waals surface area contributed by atoms with Crippen molar-refractivity contribution >= 4 is 64.0 Å². The zero-order chi connectivity index (χ0) is 40.5. The average molecular weight is 816 g/mol. The lowest BCUT2D eigenvalue weighted by Crippen LogP contribution is -2.60. The lowest BCUT2D eigenvalue weighted by molar-refractivity contribution is -0.125. The van der Waals surface area contributed by atoms with E-state index in [2.05, 4.69) is 0 Å². The van der Waals surface area contributed by atoms with E-state index < -0.39 is 62.9 Å². The number of ether oxygens (including phenoxy) is 1. The summed E-state index contributed by atoms with van der Waals surface area (Å²) in [4.78, 5) is 68.7. The monoisotopic (exact) mass is 814 g/mol. The molecule has 5 aromatic carbocycles. The van der Waals surface area contributed by atoms with Crippen LogP contribution in [0.5, 0.6) is 11.5 Å². The predicted molar refractivity (Wildman–Crippen MR) is 214 cm³/mol. The van der Waals surface area contributed by atoms with E-state index in [1.54, 1.807) is 66.7 Å². The van der Waals surface area contributed by atoms with Gasteiger partial charge in [0.15, 0.2) is 15.5 Å². The number of benzene rings is 5. The van der Waals surface area contributed by atoms with Gasteiger partial charge in [-0.25, -0.2) is 9.29 Å². The Balaban J connectivity index is 1.10. The second-order valence-corrected chi connectivity index (χ2v) is 16.2. The van der Waals surface area contributed by atoms with Crippen molar-refractivity contribution in [3.8, 4) is 11.5 Å². The molecule has 4 amide bonds. The summed E-state index contributed by atoms with van der Waals surface area (Å²) in [5.74, 6) is -7.48. The number of alkyl halides is 2. The number of amides is 4. The van der Waals surface area contributed by atoms with E-state index >= 15 is 0 Å². The van der Waals surface area contributed by atoms with Crippen LogP contribution in [0.1, 0.15) is 45.8 Å². The summed E-state index contributed by atoms with van der Waals surface area (Å²) in [6.45, 7) is 0.210. The minimum Gasteiger partial charge on any atom is -0.508 e. The van der Waals surface area contributed by atoms with E-state index in [4.69, 9.17) is 27.9 Å². The van der Waals surface area contributed by atoms with Crippen LogP contribution in [0.4, 0.5) is 15.8 Å². The Kier molecular flexibility index (Phi) is 9.09. The Morgan fingerprint density at radius 3 is 2.03 bits per heavy atom. The highest BCUT2D eigenvalue weighted by Crippen LogP contribution is 2.66. The highest BCUT2D eigenvalue weighted by Gasteiger charge is 2.77. The number of aromatic hydroxyl groups is 1. The number of hydrogen-bond acceptors (Lipinski definition) is 7. The van der Waals surface area contributed by atoms with Crippen LogP contribution in [-0.2, 0) is 25.8 Å². The number of carbonyl (C=O) groups is 5. The zero-order valence-electron chi connectivity index (χ0n) is 30.6. The number of phenols is 1. The van der Waals surface area contributed by atoms with Crippen LogP contribution >= 0.6 is 23.2 Å². The predicted octanol–water partition coefficient (Wildman–Crippen LogP) is 8.11. The van der Waals surface area contributed by atoms with Crippen LogP contribution in [0.2, 0.25) is 0 Å². The van der Waals surface area contributed by atoms with Crippen molar-refractivity contribution in [3.05, 3.63) is 167 Å². The summed E-state index contributed by atoms with van der Waals surface area (Å²) in [5.41, 5.74) is 2.72. The largest absolute Gasteiger partial charge is 0.508 e. The third-order valence-electron chi connectivity index (χ3n) is 11.9. The summed E-state index contributed by atoms with van der Waals surface area (Å²) in [6, 6.07) is 33.7. The van der Waals surface area contributed by atoms with Gasteiger partial charge in [0.1, 0.15) is 23.9 Å². The molecule has 2 heterocycles. The number of carbonyl (C=O) groups excluding carboxylic acids is 5. The molecule has 0 spiro atoms. The molecule has 1 N–H and O–H groups in total. The van der Waals surface area contributed by atoms with Crippen molar-refractivity contribution in [1.82, 2.24) is 0 Å². The number of imide groups is 2. The second-order valence-electron chi connectivity index (χ2n) is 15.0. The molecule has 58 heavy (non-hydrogen) atoms. The van der Waals surface area contributed by atoms with Gasteiger partial charge in [-0.15, -0.1) is 23.2 Å². The van der Waals surface area contributed by atoms with Crippen LogP contribution < -0.4 is 14.5 Å². The molecule has 4 aliphatic rings. The first kappa shape index (κ1) is 37.5. The highest BCUT2D eigenvalue weighted by molar-refractivity contribution is 6.58. The molecule has 6 atom stereocenters. The second kappa shape index (κ2) is 14.1. The Bertz CT molecular complexity index is 2550. The third kappa shape index (κ3) is 5.68. The molecule has 5 aromatic rings. The van der Waals surface area contributed by atoms with Gasteiger partial charge in [0.2, 0.25) is 11.8 Å². The summed E-state index contributed by atoms with van der Waals surface area (Å²) < 4.78 is 20.0. The fraction of sp³-hybridized carbons (Fsp3) is 0.196. The molecule has 290 valence electrons. The first-order valence-corrected chi connectivity index (χ1v) is 19.5. The molecule has 0 unspecified atom stereocenters. The first-order valence-electron chi connectivity index (χ1n) is 18.7. The molecule has 12 heteroatoms. The van der Waals surface area contributed by atoms with Crippen LogP contribution in [-0.4, -0.2) is 44.3 Å². The third-order valence-corrected chi connectivity index (χ3v) is 13.3. The van der Waals surface area contributed by atoms with Gasteiger partial charge < -0.3 is 9.84 Å². The summed E-state index contributed by atoms with van der Waals surface area (Å²) >= 11 is 15.0. The van der Waals surface area contributed by atoms with Gasteiger partial charge in [0, 0.05) is 28.7 Å². The normalized spacial score (nSPS) is 26.2. The van der Waals surface area contributed by atoms with E-state index in [1.165, 1.54) is 18.2 Å². The first-order chi connectivity index (χ1) is 27.9. The van der Waals surface area contributed by atoms with Gasteiger partial charge in [-0.05, 0) is 78.9 Å². The number of phenolic OH excluding ortho intramolecular Hbond substituents is 1. The quantitative estimate of drug-likeness (QED) is 0.0728. The maximum Gasteiger partial charge on any atom is 0.258 e. The molecule has 9 rings (SSSR count). The Hall–Kier alpha value is -6.10. The highest BCUT2D eigenvalue weighted by atomic mass is 35.5. The van der Waals surface area contributed by atoms with Crippen LogP contribution in [0.25, 0.3) is 0 Å². The van der Waals surface area contributed by atoms with Crippen molar-refractivity contribution in [3.63, 3.8) is 0 Å². The Morgan fingerprint density at radius 1 is 0.741 bits per heavy atom. The molecule has 0 aromatic heterocycles. The Labute approximate surface area is 342 Å². The van der Waals surface area contributed by atoms with Crippen molar-refractivity contribution in [1.29, 1.82) is 0 Å². The zero-order valence-corrected chi connectivity index (χ0v) is 32.1. The smallest absolute Gasteiger partial charge is 0.258 e. The summed E-state index contributed by atoms with van der Waals surface area (Å²) in [7, 11) is 0. The fourth-order valence-electron chi connectivity index (χ4n) is 9.12. The summed E-state index contributed by atoms with van der Waals surface area (Å²) in [6.07, 6.45) is 1.58. The number of allylic oxidation sites excluding steroid dienone is 2. The molecule has 2 aliphatic heterocycles. The molecule has 0 bridgehead atoms. The van der Waals surface area contributed by atoms with Crippen molar-refractivity contribution in [2.75, 3.05) is 9.80 Å². The van der Waals surface area contributed by atoms with E-state index in [1.807, 2.05) is 36.4 Å². The number of fused-ring (bicyclic) bond motifs is 4. The standard InChI is InChI=1S/C46H33Cl2FN2O7/c47-45-24-36-33(21-22-35-38(36)42(55)50(41(35)54)30-15-11-28(12-16-30)40(53)27-9-5-2-6-10-27)39(34-20-19-32(23-37(34)52)58-25-26-7-3-1-4-8-26)46(45,48)44(57)51(43(45)56)31-17-13-29(49)14-18-31/h1-21,23,35-36,38-39,52H,22,24-25H2/t35-,36+,38-,39+,45+,46-/m0/s1. The van der Waals surface area contributed by atoms with Gasteiger partial charge in [-0.2, -0.15) is 0 Å². The number of ketones is 1. The summed E-state index contributed by atoms with van der Waals surface area (Å²) in [5, 5.41) is 11.7. The molecular formula is C46H33Cl2FN2O7. The Morgan fingerprint density at radius 2 is 1.36 bits per heavy atom. The van der Waals surface area contributed by atoms with E-state index in [0.717, 1.165) is 27.5 Å². The number of anilines is 2. The van der Waals surface area contributed by atoms with Crippen molar-refractivity contribution < 1.29 is 38.2 Å².